The Balaban J connectivity index is 2.88. The predicted octanol–water partition coefficient (Wildman–Crippen LogP) is 3.10. The molecule has 1 heteroatoms. The van der Waals surface area contributed by atoms with Crippen molar-refractivity contribution >= 4 is 0 Å². The van der Waals surface area contributed by atoms with E-state index in [1.54, 1.807) is 0 Å². The fourth-order valence-corrected chi connectivity index (χ4v) is 2.12. The molecule has 0 heterocycles. The molecule has 1 aromatic carbocycles. The van der Waals surface area contributed by atoms with E-state index >= 15 is 0 Å². The highest BCUT2D eigenvalue weighted by Crippen LogP contribution is 2.23. The zero-order valence-corrected chi connectivity index (χ0v) is 9.67. The number of rotatable bonds is 4. The zero-order chi connectivity index (χ0) is 10.6. The topological polar surface area (TPSA) is 12.0 Å². The first-order valence-corrected chi connectivity index (χ1v) is 5.43. The predicted molar refractivity (Wildman–Crippen MR) is 62.7 cm³/mol. The third-order valence-corrected chi connectivity index (χ3v) is 3.09. The highest BCUT2D eigenvalue weighted by molar-refractivity contribution is 5.29. The molecule has 2 unspecified atom stereocenters. The average molecular weight is 191 g/mol. The van der Waals surface area contributed by atoms with Gasteiger partial charge in [-0.3, -0.25) is 0 Å². The van der Waals surface area contributed by atoms with Crippen molar-refractivity contribution in [1.29, 1.82) is 0 Å². The number of aryl methyl sites for hydroxylation is 1. The minimum absolute atomic E-state index is 0.580. The van der Waals surface area contributed by atoms with Crippen LogP contribution in [0.1, 0.15) is 37.3 Å². The van der Waals surface area contributed by atoms with E-state index < -0.39 is 0 Å². The SMILES string of the molecule is CCC(NC)C(C)c1ccccc1C. The molecule has 78 valence electrons. The Labute approximate surface area is 87.5 Å². The van der Waals surface area contributed by atoms with Crippen LogP contribution in [-0.2, 0) is 0 Å². The third kappa shape index (κ3) is 2.36. The van der Waals surface area contributed by atoms with Crippen LogP contribution in [0, 0.1) is 6.92 Å². The van der Waals surface area contributed by atoms with E-state index in [4.69, 9.17) is 0 Å². The van der Waals surface area contributed by atoms with Gasteiger partial charge in [-0.15, -0.1) is 0 Å². The van der Waals surface area contributed by atoms with E-state index in [-0.39, 0.29) is 0 Å². The molecule has 14 heavy (non-hydrogen) atoms. The van der Waals surface area contributed by atoms with Crippen LogP contribution in [0.25, 0.3) is 0 Å². The molecule has 0 spiro atoms. The first kappa shape index (κ1) is 11.3. The maximum atomic E-state index is 3.38. The van der Waals surface area contributed by atoms with Gasteiger partial charge in [0.1, 0.15) is 0 Å². The van der Waals surface area contributed by atoms with Gasteiger partial charge < -0.3 is 5.32 Å². The second-order valence-electron chi connectivity index (χ2n) is 3.95. The Morgan fingerprint density at radius 1 is 1.29 bits per heavy atom. The number of hydrogen-bond donors (Lipinski definition) is 1. The molecule has 0 radical (unpaired) electrons. The molecule has 0 bridgehead atoms. The molecule has 1 rings (SSSR count). The lowest BCUT2D eigenvalue weighted by atomic mass is 9.89. The number of likely N-dealkylation sites (N-methyl/N-ethyl adjacent to an activating group) is 1. The molecule has 0 amide bonds. The minimum atomic E-state index is 0.580. The number of hydrogen-bond acceptors (Lipinski definition) is 1. The van der Waals surface area contributed by atoms with Crippen molar-refractivity contribution < 1.29 is 0 Å². The van der Waals surface area contributed by atoms with Crippen LogP contribution in [0.15, 0.2) is 24.3 Å². The van der Waals surface area contributed by atoms with E-state index in [0.717, 1.165) is 0 Å². The first-order chi connectivity index (χ1) is 6.70. The quantitative estimate of drug-likeness (QED) is 0.771. The van der Waals surface area contributed by atoms with Gasteiger partial charge in [0, 0.05) is 6.04 Å². The molecule has 0 saturated carbocycles. The first-order valence-electron chi connectivity index (χ1n) is 5.43. The van der Waals surface area contributed by atoms with E-state index in [1.165, 1.54) is 17.5 Å². The summed E-state index contributed by atoms with van der Waals surface area (Å²) in [6.07, 6.45) is 1.17. The van der Waals surface area contributed by atoms with Crippen LogP contribution in [0.4, 0.5) is 0 Å². The van der Waals surface area contributed by atoms with Gasteiger partial charge in [-0.1, -0.05) is 38.1 Å². The van der Waals surface area contributed by atoms with Crippen LogP contribution in [0.5, 0.6) is 0 Å². The molecular formula is C13H21N. The minimum Gasteiger partial charge on any atom is -0.316 e. The molecule has 0 saturated heterocycles. The molecular weight excluding hydrogens is 170 g/mol. The monoisotopic (exact) mass is 191 g/mol. The number of nitrogens with one attached hydrogen (secondary N) is 1. The summed E-state index contributed by atoms with van der Waals surface area (Å²) in [5, 5.41) is 3.38. The Morgan fingerprint density at radius 2 is 1.93 bits per heavy atom. The largest absolute Gasteiger partial charge is 0.316 e. The smallest absolute Gasteiger partial charge is 0.0128 e. The molecule has 1 N–H and O–H groups in total. The van der Waals surface area contributed by atoms with Crippen LogP contribution in [0.2, 0.25) is 0 Å². The molecule has 1 aromatic rings. The molecule has 0 aromatic heterocycles. The highest BCUT2D eigenvalue weighted by Gasteiger charge is 2.16. The van der Waals surface area contributed by atoms with Gasteiger partial charge >= 0.3 is 0 Å². The summed E-state index contributed by atoms with van der Waals surface area (Å²) >= 11 is 0. The molecule has 0 fully saturated rings. The molecule has 0 aliphatic carbocycles. The molecule has 0 aliphatic rings. The summed E-state index contributed by atoms with van der Waals surface area (Å²) in [5.41, 5.74) is 2.86. The van der Waals surface area contributed by atoms with Crippen LogP contribution in [0.3, 0.4) is 0 Å². The van der Waals surface area contributed by atoms with Gasteiger partial charge in [0.25, 0.3) is 0 Å². The Kier molecular flexibility index (Phi) is 4.15. The summed E-state index contributed by atoms with van der Waals surface area (Å²) in [7, 11) is 2.04. The van der Waals surface area contributed by atoms with Gasteiger partial charge in [0.15, 0.2) is 0 Å². The fourth-order valence-electron chi connectivity index (χ4n) is 2.12. The summed E-state index contributed by atoms with van der Waals surface area (Å²) < 4.78 is 0. The number of benzene rings is 1. The summed E-state index contributed by atoms with van der Waals surface area (Å²) in [6, 6.07) is 9.23. The van der Waals surface area contributed by atoms with Crippen LogP contribution in [-0.4, -0.2) is 13.1 Å². The van der Waals surface area contributed by atoms with Gasteiger partial charge in [0.2, 0.25) is 0 Å². The second kappa shape index (κ2) is 5.16. The summed E-state index contributed by atoms with van der Waals surface area (Å²) in [5.74, 6) is 0.589. The van der Waals surface area contributed by atoms with E-state index in [9.17, 15) is 0 Å². The van der Waals surface area contributed by atoms with Crippen molar-refractivity contribution in [2.75, 3.05) is 7.05 Å². The Morgan fingerprint density at radius 3 is 2.43 bits per heavy atom. The maximum Gasteiger partial charge on any atom is 0.0128 e. The Bertz CT molecular complexity index is 276. The van der Waals surface area contributed by atoms with Gasteiger partial charge in [-0.05, 0) is 37.4 Å². The summed E-state index contributed by atoms with van der Waals surface area (Å²) in [4.78, 5) is 0. The lowest BCUT2D eigenvalue weighted by Crippen LogP contribution is -2.30. The third-order valence-electron chi connectivity index (χ3n) is 3.09. The van der Waals surface area contributed by atoms with E-state index in [2.05, 4.69) is 50.4 Å². The highest BCUT2D eigenvalue weighted by atomic mass is 14.9. The standard InChI is InChI=1S/C13H21N/c1-5-13(14-4)11(3)12-9-7-6-8-10(12)2/h6-9,11,13-14H,5H2,1-4H3. The zero-order valence-electron chi connectivity index (χ0n) is 9.67. The second-order valence-corrected chi connectivity index (χ2v) is 3.95. The fraction of sp³-hybridized carbons (Fsp3) is 0.538. The van der Waals surface area contributed by atoms with Crippen LogP contribution >= 0.6 is 0 Å². The lowest BCUT2D eigenvalue weighted by molar-refractivity contribution is 0.471. The van der Waals surface area contributed by atoms with Crippen molar-refractivity contribution in [2.24, 2.45) is 0 Å². The van der Waals surface area contributed by atoms with Crippen molar-refractivity contribution in [3.8, 4) is 0 Å². The van der Waals surface area contributed by atoms with E-state index in [0.29, 0.717) is 12.0 Å². The molecule has 0 aliphatic heterocycles. The van der Waals surface area contributed by atoms with Gasteiger partial charge in [-0.2, -0.15) is 0 Å². The lowest BCUT2D eigenvalue weighted by Gasteiger charge is -2.23. The summed E-state index contributed by atoms with van der Waals surface area (Å²) in [6.45, 7) is 6.72. The molecule has 2 atom stereocenters. The Hall–Kier alpha value is -0.820. The van der Waals surface area contributed by atoms with Gasteiger partial charge in [0.05, 0.1) is 0 Å². The normalized spacial score (nSPS) is 15.1. The van der Waals surface area contributed by atoms with Gasteiger partial charge in [-0.25, -0.2) is 0 Å². The molecule has 1 nitrogen and oxygen atoms in total. The van der Waals surface area contributed by atoms with E-state index in [1.807, 2.05) is 7.05 Å². The maximum absolute atomic E-state index is 3.38. The van der Waals surface area contributed by atoms with Crippen molar-refractivity contribution in [1.82, 2.24) is 5.32 Å². The van der Waals surface area contributed by atoms with Crippen molar-refractivity contribution in [3.63, 3.8) is 0 Å². The van der Waals surface area contributed by atoms with Crippen molar-refractivity contribution in [3.05, 3.63) is 35.4 Å². The van der Waals surface area contributed by atoms with Crippen LogP contribution < -0.4 is 5.32 Å². The van der Waals surface area contributed by atoms with Crippen molar-refractivity contribution in [2.45, 2.75) is 39.2 Å². The average Bonchev–Trinajstić information content (AvgIpc) is 2.20.